The predicted molar refractivity (Wildman–Crippen MR) is 186 cm³/mol. The van der Waals surface area contributed by atoms with E-state index < -0.39 is 12.8 Å². The van der Waals surface area contributed by atoms with Crippen LogP contribution in [0.2, 0.25) is 0 Å². The van der Waals surface area contributed by atoms with E-state index in [1.54, 1.807) is 0 Å². The van der Waals surface area contributed by atoms with E-state index in [0.29, 0.717) is 0 Å². The van der Waals surface area contributed by atoms with Crippen molar-refractivity contribution in [3.05, 3.63) is 217 Å². The van der Waals surface area contributed by atoms with Gasteiger partial charge in [0.25, 0.3) is 0 Å². The minimum Gasteiger partial charge on any atom is -1.00 e. The van der Waals surface area contributed by atoms with Crippen LogP contribution in [0.25, 0.3) is 0 Å². The van der Waals surface area contributed by atoms with Gasteiger partial charge in [0, 0.05) is 0 Å². The first kappa shape index (κ1) is 30.3. The van der Waals surface area contributed by atoms with Crippen LogP contribution in [0, 0.1) is 0 Å². The van der Waals surface area contributed by atoms with Crippen LogP contribution in [0.5, 0.6) is 0 Å². The number of nitrogens with zero attached hydrogens (tertiary/aromatic N) is 2. The molecule has 0 bridgehead atoms. The predicted octanol–water partition coefficient (Wildman–Crippen LogP) is 5.22. The van der Waals surface area contributed by atoms with Gasteiger partial charge in [-0.15, -0.1) is 0 Å². The third-order valence-corrected chi connectivity index (χ3v) is 13.0. The Morgan fingerprint density at radius 3 is 1.09 bits per heavy atom. The van der Waals surface area contributed by atoms with Gasteiger partial charge in [-0.25, -0.2) is 4.98 Å². The van der Waals surface area contributed by atoms with Crippen molar-refractivity contribution in [2.24, 2.45) is 0 Å². The molecule has 1 heterocycles. The van der Waals surface area contributed by atoms with Crippen molar-refractivity contribution < 1.29 is 12.4 Å². The summed E-state index contributed by atoms with van der Waals surface area (Å²) in [5, 5.41) is 4.07. The van der Waals surface area contributed by atoms with Crippen molar-refractivity contribution in [3.63, 3.8) is 0 Å². The van der Waals surface area contributed by atoms with Gasteiger partial charge < -0.3 is 17.0 Å². The molecule has 0 atom stereocenters. The quantitative estimate of drug-likeness (QED) is 0.160. The van der Waals surface area contributed by atoms with Crippen LogP contribution in [0.4, 0.5) is 0 Å². The van der Waals surface area contributed by atoms with Crippen molar-refractivity contribution in [3.8, 4) is 0 Å². The van der Waals surface area contributed by atoms with Crippen LogP contribution < -0.4 is 28.3 Å². The number of halogens is 1. The van der Waals surface area contributed by atoms with Gasteiger partial charge in [-0.1, -0.05) is 146 Å². The van der Waals surface area contributed by atoms with Gasteiger partial charge in [-0.2, -0.15) is 0 Å². The highest BCUT2D eigenvalue weighted by Gasteiger charge is 2.48. The van der Waals surface area contributed by atoms with E-state index in [2.05, 4.69) is 193 Å². The second-order valence-electron chi connectivity index (χ2n) is 11.0. The highest BCUT2D eigenvalue weighted by atomic mass is 35.5. The maximum absolute atomic E-state index is 4.91. The zero-order chi connectivity index (χ0) is 29.7. The van der Waals surface area contributed by atoms with E-state index in [0.717, 1.165) is 6.16 Å². The second-order valence-corrected chi connectivity index (χ2v) is 14.5. The van der Waals surface area contributed by atoms with Crippen molar-refractivity contribution >= 4 is 23.2 Å². The Bertz CT molecular complexity index is 1720. The Kier molecular flexibility index (Phi) is 9.08. The zero-order valence-electron chi connectivity index (χ0n) is 24.9. The summed E-state index contributed by atoms with van der Waals surface area (Å²) in [7, 11) is -2.17. The molecule has 6 aromatic carbocycles. The molecule has 4 heteroatoms. The third-order valence-electron chi connectivity index (χ3n) is 8.64. The normalized spacial score (nSPS) is 11.5. The van der Waals surface area contributed by atoms with E-state index in [9.17, 15) is 0 Å². The van der Waals surface area contributed by atoms with Gasteiger partial charge in [0.15, 0.2) is 0 Å². The lowest BCUT2D eigenvalue weighted by atomic mass is 9.76. The summed E-state index contributed by atoms with van der Waals surface area (Å²) in [4.78, 5) is 4.91. The number of aromatic nitrogens is 2. The maximum Gasteiger partial charge on any atom is 0.122 e. The number of imidazole rings is 1. The Morgan fingerprint density at radius 1 is 0.444 bits per heavy atom. The van der Waals surface area contributed by atoms with Crippen molar-refractivity contribution in [2.45, 2.75) is 11.7 Å². The van der Waals surface area contributed by atoms with Crippen molar-refractivity contribution in [1.82, 2.24) is 9.55 Å². The molecule has 2 nitrogen and oxygen atoms in total. The van der Waals surface area contributed by atoms with Gasteiger partial charge in [-0.05, 0) is 53.1 Å². The molecule has 0 aliphatic carbocycles. The summed E-state index contributed by atoms with van der Waals surface area (Å²) < 4.78 is 2.44. The molecule has 0 saturated carbocycles. The fourth-order valence-electron chi connectivity index (χ4n) is 6.71. The van der Waals surface area contributed by atoms with Crippen molar-refractivity contribution in [1.29, 1.82) is 0 Å². The molecule has 0 aliphatic rings. The van der Waals surface area contributed by atoms with Gasteiger partial charge in [0.05, 0.1) is 18.2 Å². The molecule has 220 valence electrons. The minimum absolute atomic E-state index is 0. The Hall–Kier alpha value is -4.75. The average molecular weight is 621 g/mol. The smallest absolute Gasteiger partial charge is 0.122 e. The minimum atomic E-state index is -2.17. The summed E-state index contributed by atoms with van der Waals surface area (Å²) >= 11 is 0. The average Bonchev–Trinajstić information content (AvgIpc) is 3.58. The van der Waals surface area contributed by atoms with Crippen LogP contribution in [0.15, 0.2) is 195 Å². The van der Waals surface area contributed by atoms with Crippen LogP contribution in [-0.2, 0) is 11.7 Å². The molecule has 0 saturated heterocycles. The first-order valence-electron chi connectivity index (χ1n) is 15.1. The fraction of sp³-hybridized carbons (Fsp3) is 0.0488. The number of benzene rings is 6. The third kappa shape index (κ3) is 5.42. The van der Waals surface area contributed by atoms with E-state index in [-0.39, 0.29) is 12.4 Å². The highest BCUT2D eigenvalue weighted by molar-refractivity contribution is 7.95. The number of hydrogen-bond donors (Lipinski definition) is 0. The lowest BCUT2D eigenvalue weighted by molar-refractivity contribution is -0.00000855. The summed E-state index contributed by atoms with van der Waals surface area (Å²) in [5.41, 5.74) is 4.14. The van der Waals surface area contributed by atoms with Crippen LogP contribution >= 0.6 is 7.26 Å². The molecule has 0 unspecified atom stereocenters. The molecule has 0 N–H and O–H groups in total. The van der Waals surface area contributed by atoms with E-state index in [4.69, 9.17) is 4.98 Å². The SMILES string of the molecule is [Cl-].c1ccc(C(c2ccccc2)(c2ccccc2)n2cncc2C[P+](c2ccccc2)(c2ccccc2)c2ccccc2)cc1. The number of hydrogen-bond acceptors (Lipinski definition) is 1. The summed E-state index contributed by atoms with van der Waals surface area (Å²) in [5.74, 6) is 0. The van der Waals surface area contributed by atoms with Gasteiger partial charge in [0.2, 0.25) is 0 Å². The van der Waals surface area contributed by atoms with E-state index >= 15 is 0 Å². The molecule has 0 radical (unpaired) electrons. The standard InChI is InChI=1S/C41H34N2P.ClH/c1-7-19-34(20-8-1)41(35-21-9-2-10-22-35,36-23-11-3-12-24-36)43-33-42-31-37(43)32-44(38-25-13-4-14-26-38,39-27-15-5-16-28-39)40-29-17-6-18-30-40;/h1-31,33H,32H2;1H/q+1;/p-1. The van der Waals surface area contributed by atoms with Gasteiger partial charge >= 0.3 is 0 Å². The monoisotopic (exact) mass is 620 g/mol. The Morgan fingerprint density at radius 2 is 0.756 bits per heavy atom. The van der Waals surface area contributed by atoms with Gasteiger partial charge in [-0.3, -0.25) is 0 Å². The van der Waals surface area contributed by atoms with Crippen LogP contribution in [-0.4, -0.2) is 9.55 Å². The second kappa shape index (κ2) is 13.5. The lowest BCUT2D eigenvalue weighted by Crippen LogP contribution is -3.00. The first-order chi connectivity index (χ1) is 21.8. The molecule has 1 aromatic heterocycles. The van der Waals surface area contributed by atoms with E-state index in [1.807, 2.05) is 6.33 Å². The fourth-order valence-corrected chi connectivity index (χ4v) is 10.9. The zero-order valence-corrected chi connectivity index (χ0v) is 26.6. The summed E-state index contributed by atoms with van der Waals surface area (Å²) in [6, 6.07) is 65.9. The Balaban J connectivity index is 0.00000357. The topological polar surface area (TPSA) is 17.8 Å². The molecule has 7 rings (SSSR count). The molecule has 0 spiro atoms. The van der Waals surface area contributed by atoms with Crippen LogP contribution in [0.3, 0.4) is 0 Å². The number of rotatable bonds is 9. The molecule has 0 aliphatic heterocycles. The van der Waals surface area contributed by atoms with E-state index in [1.165, 1.54) is 38.3 Å². The summed E-state index contributed by atoms with van der Waals surface area (Å²) in [6.45, 7) is 0. The molecular formula is C41H34ClN2P. The summed E-state index contributed by atoms with van der Waals surface area (Å²) in [6.07, 6.45) is 4.95. The van der Waals surface area contributed by atoms with Crippen molar-refractivity contribution in [2.75, 3.05) is 0 Å². The Labute approximate surface area is 272 Å². The van der Waals surface area contributed by atoms with Crippen LogP contribution in [0.1, 0.15) is 22.4 Å². The maximum atomic E-state index is 4.91. The molecular weight excluding hydrogens is 587 g/mol. The largest absolute Gasteiger partial charge is 1.00 e. The highest BCUT2D eigenvalue weighted by Crippen LogP contribution is 2.58. The molecule has 0 amide bonds. The first-order valence-corrected chi connectivity index (χ1v) is 17.0. The molecule has 7 aromatic rings. The van der Waals surface area contributed by atoms with Gasteiger partial charge in [0.1, 0.15) is 34.9 Å². The molecule has 0 fully saturated rings. The molecule has 45 heavy (non-hydrogen) atoms. The lowest BCUT2D eigenvalue weighted by Gasteiger charge is -2.39.